The van der Waals surface area contributed by atoms with Gasteiger partial charge in [-0.25, -0.2) is 18.7 Å². The number of nitrogens with one attached hydrogen (secondary N) is 2. The Kier molecular flexibility index (Phi) is 10.5. The van der Waals surface area contributed by atoms with Crippen molar-refractivity contribution >= 4 is 40.7 Å². The van der Waals surface area contributed by atoms with Gasteiger partial charge >= 0.3 is 0 Å². The standard InChI is InChI=1S/C27H35F3N2O4Si2/c1-27(2,3)22(16-35-37(4)5)36-32-26(34)19-14-18(15-33)23(29)24(30)25(19)31-21-10-9-17(13-20(21)28)11-12-38(6,7)8/h9-10,13-15,22,31,37H,16H2,1-8H3,(H,32,34). The van der Waals surface area contributed by atoms with E-state index in [1.807, 2.05) is 53.5 Å². The summed E-state index contributed by atoms with van der Waals surface area (Å²) in [6, 6.07) is 4.89. The zero-order valence-electron chi connectivity index (χ0n) is 23.0. The van der Waals surface area contributed by atoms with E-state index in [9.17, 15) is 18.4 Å². The smallest absolute Gasteiger partial charge is 0.277 e. The molecule has 0 spiro atoms. The topological polar surface area (TPSA) is 76.7 Å². The van der Waals surface area contributed by atoms with Gasteiger partial charge in [0.2, 0.25) is 0 Å². The number of rotatable bonds is 9. The Morgan fingerprint density at radius 1 is 1.13 bits per heavy atom. The maximum absolute atomic E-state index is 15.0. The monoisotopic (exact) mass is 564 g/mol. The number of carbonyl (C=O) groups is 2. The Balaban J connectivity index is 2.42. The number of amides is 1. The van der Waals surface area contributed by atoms with Crippen molar-refractivity contribution in [3.8, 4) is 11.5 Å². The largest absolute Gasteiger partial charge is 0.418 e. The molecule has 2 aromatic carbocycles. The molecule has 11 heteroatoms. The number of hydrogen-bond acceptors (Lipinski definition) is 5. The van der Waals surface area contributed by atoms with Crippen molar-refractivity contribution in [2.24, 2.45) is 5.41 Å². The van der Waals surface area contributed by atoms with Gasteiger partial charge in [0.15, 0.2) is 27.0 Å². The minimum Gasteiger partial charge on any atom is -0.418 e. The number of aldehydes is 1. The van der Waals surface area contributed by atoms with E-state index < -0.39 is 68.8 Å². The van der Waals surface area contributed by atoms with Crippen LogP contribution in [0.4, 0.5) is 24.5 Å². The molecule has 0 aliphatic carbocycles. The molecular formula is C27H35F3N2O4Si2. The van der Waals surface area contributed by atoms with Crippen LogP contribution < -0.4 is 10.8 Å². The van der Waals surface area contributed by atoms with Gasteiger partial charge in [-0.1, -0.05) is 46.3 Å². The SMILES string of the molecule is C[SiH](C)OCC(ONC(=O)c1cc(C=O)c(F)c(F)c1Nc1ccc(C#C[Si](C)(C)C)cc1F)C(C)(C)C. The Labute approximate surface area is 225 Å². The van der Waals surface area contributed by atoms with Gasteiger partial charge < -0.3 is 9.74 Å². The molecule has 2 aromatic rings. The molecule has 38 heavy (non-hydrogen) atoms. The van der Waals surface area contributed by atoms with Gasteiger partial charge in [-0.3, -0.25) is 14.4 Å². The van der Waals surface area contributed by atoms with Crippen molar-refractivity contribution in [1.82, 2.24) is 5.48 Å². The first kappa shape index (κ1) is 31.3. The summed E-state index contributed by atoms with van der Waals surface area (Å²) in [4.78, 5) is 30.0. The van der Waals surface area contributed by atoms with Gasteiger partial charge in [-0.2, -0.15) is 0 Å². The molecule has 1 atom stereocenters. The quantitative estimate of drug-likeness (QED) is 0.170. The molecule has 2 rings (SSSR count). The van der Waals surface area contributed by atoms with Crippen molar-refractivity contribution in [2.45, 2.75) is 59.6 Å². The highest BCUT2D eigenvalue weighted by molar-refractivity contribution is 6.83. The molecule has 0 fully saturated rings. The summed E-state index contributed by atoms with van der Waals surface area (Å²) in [6.07, 6.45) is -0.471. The maximum atomic E-state index is 15.0. The highest BCUT2D eigenvalue weighted by Gasteiger charge is 2.29. The fraction of sp³-hybridized carbons (Fsp3) is 0.407. The number of anilines is 2. The third kappa shape index (κ3) is 8.84. The van der Waals surface area contributed by atoms with Crippen LogP contribution in [0.1, 0.15) is 47.1 Å². The number of halogens is 3. The van der Waals surface area contributed by atoms with Crippen LogP contribution in [0, 0.1) is 34.3 Å². The van der Waals surface area contributed by atoms with E-state index in [1.54, 1.807) is 0 Å². The molecule has 0 radical (unpaired) electrons. The average Bonchev–Trinajstić information content (AvgIpc) is 2.80. The Hall–Kier alpha value is -2.92. The summed E-state index contributed by atoms with van der Waals surface area (Å²) in [6.45, 7) is 16.0. The molecule has 0 aliphatic heterocycles. The molecule has 1 amide bonds. The van der Waals surface area contributed by atoms with E-state index >= 15 is 4.39 Å². The van der Waals surface area contributed by atoms with Crippen LogP contribution >= 0.6 is 0 Å². The Morgan fingerprint density at radius 3 is 2.32 bits per heavy atom. The van der Waals surface area contributed by atoms with Crippen LogP contribution in [0.5, 0.6) is 0 Å². The van der Waals surface area contributed by atoms with Crippen LogP contribution in [-0.4, -0.2) is 42.0 Å². The normalized spacial score (nSPS) is 12.5. The minimum absolute atomic E-state index is 0.0888. The van der Waals surface area contributed by atoms with Crippen molar-refractivity contribution < 1.29 is 32.0 Å². The van der Waals surface area contributed by atoms with Gasteiger partial charge in [0, 0.05) is 5.56 Å². The van der Waals surface area contributed by atoms with Gasteiger partial charge in [0.25, 0.3) is 5.91 Å². The highest BCUT2D eigenvalue weighted by Crippen LogP contribution is 2.30. The summed E-state index contributed by atoms with van der Waals surface area (Å²) >= 11 is 0. The summed E-state index contributed by atoms with van der Waals surface area (Å²) in [7, 11) is -3.07. The molecule has 0 bridgehead atoms. The molecular weight excluding hydrogens is 529 g/mol. The predicted octanol–water partition coefficient (Wildman–Crippen LogP) is 5.97. The first-order chi connectivity index (χ1) is 17.5. The second kappa shape index (κ2) is 12.8. The average molecular weight is 565 g/mol. The number of carbonyl (C=O) groups excluding carboxylic acids is 2. The van der Waals surface area contributed by atoms with Gasteiger partial charge in [-0.15, -0.1) is 5.54 Å². The van der Waals surface area contributed by atoms with Crippen LogP contribution in [0.3, 0.4) is 0 Å². The number of benzene rings is 2. The zero-order valence-corrected chi connectivity index (χ0v) is 25.2. The third-order valence-electron chi connectivity index (χ3n) is 5.26. The fourth-order valence-corrected chi connectivity index (χ4v) is 4.12. The van der Waals surface area contributed by atoms with E-state index in [2.05, 4.69) is 22.3 Å². The van der Waals surface area contributed by atoms with E-state index in [0.29, 0.717) is 5.56 Å². The lowest BCUT2D eigenvalue weighted by Crippen LogP contribution is -2.41. The lowest BCUT2D eigenvalue weighted by Gasteiger charge is -2.30. The molecule has 6 nitrogen and oxygen atoms in total. The molecule has 2 N–H and O–H groups in total. The lowest BCUT2D eigenvalue weighted by atomic mass is 9.90. The maximum Gasteiger partial charge on any atom is 0.277 e. The summed E-state index contributed by atoms with van der Waals surface area (Å²) in [5, 5.41) is 2.46. The second-order valence-corrected chi connectivity index (χ2v) is 18.4. The second-order valence-electron chi connectivity index (χ2n) is 11.2. The van der Waals surface area contributed by atoms with Crippen LogP contribution in [0.15, 0.2) is 24.3 Å². The number of hydroxylamine groups is 1. The highest BCUT2D eigenvalue weighted by atomic mass is 28.3. The first-order valence-corrected chi connectivity index (χ1v) is 18.5. The summed E-state index contributed by atoms with van der Waals surface area (Å²) < 4.78 is 50.2. The molecule has 0 aliphatic rings. The Morgan fingerprint density at radius 2 is 1.79 bits per heavy atom. The van der Waals surface area contributed by atoms with E-state index in [1.165, 1.54) is 18.2 Å². The molecule has 1 unspecified atom stereocenters. The Bertz CT molecular complexity index is 1250. The van der Waals surface area contributed by atoms with Gasteiger partial charge in [0.1, 0.15) is 20.0 Å². The summed E-state index contributed by atoms with van der Waals surface area (Å²) in [5.74, 6) is -1.80. The van der Waals surface area contributed by atoms with Crippen LogP contribution in [0.2, 0.25) is 32.7 Å². The lowest BCUT2D eigenvalue weighted by molar-refractivity contribution is -0.0839. The van der Waals surface area contributed by atoms with Gasteiger partial charge in [0.05, 0.1) is 29.1 Å². The van der Waals surface area contributed by atoms with Crippen LogP contribution in [-0.2, 0) is 9.26 Å². The molecule has 0 saturated carbocycles. The van der Waals surface area contributed by atoms with Crippen molar-refractivity contribution in [3.63, 3.8) is 0 Å². The van der Waals surface area contributed by atoms with Gasteiger partial charge in [-0.05, 0) is 42.8 Å². The molecule has 206 valence electrons. The third-order valence-corrected chi connectivity index (χ3v) is 6.99. The molecule has 0 aromatic heterocycles. The fourth-order valence-electron chi connectivity index (χ4n) is 3.04. The predicted molar refractivity (Wildman–Crippen MR) is 148 cm³/mol. The van der Waals surface area contributed by atoms with E-state index in [4.69, 9.17) is 9.26 Å². The first-order valence-electron chi connectivity index (χ1n) is 12.2. The molecule has 0 saturated heterocycles. The van der Waals surface area contributed by atoms with Crippen molar-refractivity contribution in [3.05, 3.63) is 58.4 Å². The van der Waals surface area contributed by atoms with E-state index in [-0.39, 0.29) is 18.6 Å². The van der Waals surface area contributed by atoms with Crippen molar-refractivity contribution in [1.29, 1.82) is 0 Å². The zero-order chi connectivity index (χ0) is 28.8. The molecule has 0 heterocycles. The van der Waals surface area contributed by atoms with Crippen LogP contribution in [0.25, 0.3) is 0 Å². The summed E-state index contributed by atoms with van der Waals surface area (Å²) in [5.41, 5.74) is 3.40. The van der Waals surface area contributed by atoms with Crippen molar-refractivity contribution in [2.75, 3.05) is 11.9 Å². The number of hydrogen-bond donors (Lipinski definition) is 2. The minimum atomic E-state index is -1.70. The van der Waals surface area contributed by atoms with E-state index in [0.717, 1.165) is 6.07 Å².